The third-order valence-electron chi connectivity index (χ3n) is 8.37. The van der Waals surface area contributed by atoms with Crippen molar-refractivity contribution in [1.82, 2.24) is 31.0 Å². The minimum absolute atomic E-state index is 0.0965. The number of anilines is 4. The first-order valence-corrected chi connectivity index (χ1v) is 16.7. The van der Waals surface area contributed by atoms with Crippen LogP contribution in [0.3, 0.4) is 0 Å². The van der Waals surface area contributed by atoms with E-state index in [9.17, 15) is 28.8 Å². The van der Waals surface area contributed by atoms with Gasteiger partial charge in [0.15, 0.2) is 0 Å². The third kappa shape index (κ3) is 8.81. The van der Waals surface area contributed by atoms with Crippen molar-refractivity contribution in [2.24, 2.45) is 0 Å². The van der Waals surface area contributed by atoms with Crippen LogP contribution < -0.4 is 26.7 Å². The number of carbonyl (C=O) groups excluding carboxylic acids is 6. The van der Waals surface area contributed by atoms with E-state index in [1.165, 1.54) is 24.5 Å². The van der Waals surface area contributed by atoms with Crippen molar-refractivity contribution in [3.8, 4) is 0 Å². The molecule has 268 valence electrons. The van der Waals surface area contributed by atoms with Gasteiger partial charge in [-0.25, -0.2) is 15.4 Å². The molecule has 1 unspecified atom stereocenters. The number of nitrogens with two attached hydrogens (primary N) is 1. The molecule has 0 saturated carbocycles. The molecule has 1 atom stereocenters. The van der Waals surface area contributed by atoms with Crippen LogP contribution in [-0.2, 0) is 14.4 Å². The molecule has 0 aliphatic carbocycles. The van der Waals surface area contributed by atoms with Crippen molar-refractivity contribution >= 4 is 58.5 Å². The number of nitrogens with zero attached hydrogens (tertiary/aromatic N) is 4. The Morgan fingerprint density at radius 2 is 1.48 bits per heavy atom. The van der Waals surface area contributed by atoms with Gasteiger partial charge in [0.25, 0.3) is 17.7 Å². The fourth-order valence-corrected chi connectivity index (χ4v) is 5.75. The highest BCUT2D eigenvalue weighted by Crippen LogP contribution is 2.32. The monoisotopic (exact) mass is 706 g/mol. The summed E-state index contributed by atoms with van der Waals surface area (Å²) in [5.41, 5.74) is 10.1. The predicted octanol–water partition coefficient (Wildman–Crippen LogP) is 3.80. The molecule has 52 heavy (non-hydrogen) atoms. The van der Waals surface area contributed by atoms with Gasteiger partial charge < -0.3 is 11.1 Å². The first-order chi connectivity index (χ1) is 25.2. The molecule has 0 radical (unpaired) electrons. The number of imide groups is 2. The number of rotatable bonds is 12. The molecule has 0 spiro atoms. The zero-order chi connectivity index (χ0) is 37.0. The maximum Gasteiger partial charge on any atom is 0.264 e. The Morgan fingerprint density at radius 1 is 0.846 bits per heavy atom. The Bertz CT molecular complexity index is 1880. The number of fused-ring (bicyclic) bond motifs is 1. The van der Waals surface area contributed by atoms with Crippen molar-refractivity contribution in [3.63, 3.8) is 0 Å². The topological polar surface area (TPSA) is 217 Å². The molecule has 15 heteroatoms. The molecule has 4 aromatic rings. The molecule has 1 fully saturated rings. The van der Waals surface area contributed by atoms with Gasteiger partial charge in [-0.3, -0.25) is 49.1 Å². The standard InChI is InChI=1S/C24H27N5O3.C13H11N3O4/c30-22(28-32)15-9-1-2-10-16-25-23(31)19-17-26-24(27-18-19)29(20-11-5-3-6-12-20)21-13-7-4-8-14-21;14-7-3-1-2-6-10(7)13(20)16(12(6)19)8-4-5-9(17)15-11(8)18/h3-8,11-14,17-18,32H,1-2,9-10,15-16H2,(H,25,31)(H,28,30);1-3,8H,4-5,14H2,(H,15,17,18). The summed E-state index contributed by atoms with van der Waals surface area (Å²) in [5, 5.41) is 13.5. The second-order valence-electron chi connectivity index (χ2n) is 12.0. The van der Waals surface area contributed by atoms with Gasteiger partial charge >= 0.3 is 0 Å². The van der Waals surface area contributed by atoms with E-state index < -0.39 is 29.7 Å². The Hall–Kier alpha value is -6.48. The number of unbranched alkanes of at least 4 members (excludes halogenated alkanes) is 3. The van der Waals surface area contributed by atoms with Gasteiger partial charge in [0.2, 0.25) is 23.7 Å². The lowest BCUT2D eigenvalue weighted by Gasteiger charge is -2.27. The highest BCUT2D eigenvalue weighted by atomic mass is 16.5. The molecule has 1 aromatic heterocycles. The number of hydrogen-bond acceptors (Lipinski definition) is 11. The van der Waals surface area contributed by atoms with Gasteiger partial charge in [-0.1, -0.05) is 55.3 Å². The van der Waals surface area contributed by atoms with Gasteiger partial charge in [-0.2, -0.15) is 0 Å². The molecule has 15 nitrogen and oxygen atoms in total. The van der Waals surface area contributed by atoms with E-state index in [1.54, 1.807) is 11.5 Å². The molecular formula is C37H38N8O7. The summed E-state index contributed by atoms with van der Waals surface area (Å²) in [4.78, 5) is 82.6. The van der Waals surface area contributed by atoms with Crippen LogP contribution in [0.25, 0.3) is 0 Å². The van der Waals surface area contributed by atoms with Gasteiger partial charge in [-0.05, 0) is 55.7 Å². The number of piperidine rings is 1. The van der Waals surface area contributed by atoms with E-state index >= 15 is 0 Å². The molecule has 2 aliphatic rings. The summed E-state index contributed by atoms with van der Waals surface area (Å²) in [6.45, 7) is 0.535. The lowest BCUT2D eigenvalue weighted by atomic mass is 10.0. The van der Waals surface area contributed by atoms with Gasteiger partial charge in [0.05, 0.1) is 16.7 Å². The van der Waals surface area contributed by atoms with Crippen molar-refractivity contribution in [1.29, 1.82) is 0 Å². The highest BCUT2D eigenvalue weighted by molar-refractivity contribution is 6.25. The van der Waals surface area contributed by atoms with Crippen LogP contribution >= 0.6 is 0 Å². The molecule has 6 rings (SSSR count). The minimum atomic E-state index is -0.959. The maximum atomic E-state index is 12.4. The van der Waals surface area contributed by atoms with E-state index in [4.69, 9.17) is 10.9 Å². The molecule has 3 aromatic carbocycles. The van der Waals surface area contributed by atoms with Crippen LogP contribution in [0.2, 0.25) is 0 Å². The number of amides is 6. The summed E-state index contributed by atoms with van der Waals surface area (Å²) in [6, 6.07) is 23.3. The molecule has 3 heterocycles. The second-order valence-corrected chi connectivity index (χ2v) is 12.0. The summed E-state index contributed by atoms with van der Waals surface area (Å²) >= 11 is 0. The summed E-state index contributed by atoms with van der Waals surface area (Å²) < 4.78 is 0. The lowest BCUT2D eigenvalue weighted by Crippen LogP contribution is -2.54. The summed E-state index contributed by atoms with van der Waals surface area (Å²) in [6.07, 6.45) is 6.85. The molecular weight excluding hydrogens is 668 g/mol. The number of benzene rings is 3. The largest absolute Gasteiger partial charge is 0.398 e. The summed E-state index contributed by atoms with van der Waals surface area (Å²) in [7, 11) is 0. The third-order valence-corrected chi connectivity index (χ3v) is 8.37. The summed E-state index contributed by atoms with van der Waals surface area (Å²) in [5.74, 6) is -2.28. The number of hydroxylamine groups is 1. The molecule has 1 saturated heterocycles. The van der Waals surface area contributed by atoms with Gasteiger partial charge in [0.1, 0.15) is 6.04 Å². The quantitative estimate of drug-likeness (QED) is 0.0469. The van der Waals surface area contributed by atoms with Crippen LogP contribution in [0.1, 0.15) is 76.0 Å². The van der Waals surface area contributed by atoms with Gasteiger partial charge in [0, 0.05) is 48.8 Å². The van der Waals surface area contributed by atoms with E-state index in [0.29, 0.717) is 30.9 Å². The van der Waals surface area contributed by atoms with Crippen LogP contribution in [0.4, 0.5) is 23.0 Å². The van der Waals surface area contributed by atoms with E-state index in [-0.39, 0.29) is 41.5 Å². The Balaban J connectivity index is 0.000000223. The van der Waals surface area contributed by atoms with E-state index in [0.717, 1.165) is 35.5 Å². The lowest BCUT2D eigenvalue weighted by molar-refractivity contribution is -0.136. The van der Waals surface area contributed by atoms with Crippen molar-refractivity contribution in [3.05, 3.63) is 108 Å². The molecule has 6 amide bonds. The number of hydrogen-bond donors (Lipinski definition) is 5. The maximum absolute atomic E-state index is 12.4. The van der Waals surface area contributed by atoms with E-state index in [1.807, 2.05) is 65.6 Å². The number of aromatic nitrogens is 2. The van der Waals surface area contributed by atoms with E-state index in [2.05, 4.69) is 20.6 Å². The minimum Gasteiger partial charge on any atom is -0.398 e. The fraction of sp³-hybridized carbons (Fsp3) is 0.243. The smallest absolute Gasteiger partial charge is 0.264 e. The Labute approximate surface area is 299 Å². The first kappa shape index (κ1) is 36.8. The molecule has 2 aliphatic heterocycles. The molecule has 0 bridgehead atoms. The zero-order valence-electron chi connectivity index (χ0n) is 28.2. The van der Waals surface area contributed by atoms with Crippen LogP contribution in [-0.4, -0.2) is 68.1 Å². The van der Waals surface area contributed by atoms with Crippen LogP contribution in [0.15, 0.2) is 91.3 Å². The average Bonchev–Trinajstić information content (AvgIpc) is 3.42. The SMILES string of the molecule is Nc1cccc2c1C(=O)N(C1CCC(=O)NC1=O)C2=O.O=C(CCCCCCNC(=O)c1cnc(N(c2ccccc2)c2ccccc2)nc1)NO. The van der Waals surface area contributed by atoms with Crippen molar-refractivity contribution in [2.45, 2.75) is 51.0 Å². The zero-order valence-corrected chi connectivity index (χ0v) is 28.2. The van der Waals surface area contributed by atoms with Crippen LogP contribution in [0, 0.1) is 0 Å². The van der Waals surface area contributed by atoms with Crippen LogP contribution in [0.5, 0.6) is 0 Å². The Kier molecular flexibility index (Phi) is 12.3. The van der Waals surface area contributed by atoms with Crippen molar-refractivity contribution < 1.29 is 34.0 Å². The predicted molar refractivity (Wildman–Crippen MR) is 190 cm³/mol. The normalized spacial score (nSPS) is 14.9. The number of nitrogens with one attached hydrogen (secondary N) is 3. The number of carbonyl (C=O) groups is 6. The highest BCUT2D eigenvalue weighted by Gasteiger charge is 2.45. The number of nitrogen functional groups attached to an aromatic ring is 1. The Morgan fingerprint density at radius 3 is 2.08 bits per heavy atom. The second kappa shape index (κ2) is 17.4. The molecule has 6 N–H and O–H groups in total. The fourth-order valence-electron chi connectivity index (χ4n) is 5.75. The first-order valence-electron chi connectivity index (χ1n) is 16.7. The van der Waals surface area contributed by atoms with Gasteiger partial charge in [-0.15, -0.1) is 0 Å². The number of para-hydroxylation sites is 2. The average molecular weight is 707 g/mol. The van der Waals surface area contributed by atoms with Crippen molar-refractivity contribution in [2.75, 3.05) is 17.2 Å².